The summed E-state index contributed by atoms with van der Waals surface area (Å²) in [6.45, 7) is 1.59. The molecule has 0 radical (unpaired) electrons. The number of nitrogens with zero attached hydrogens (tertiary/aromatic N) is 1. The molecular weight excluding hydrogens is 875 g/mol. The smallest absolute Gasteiger partial charge is 0.409 e. The molecule has 0 heterocycles. The molecule has 0 bridgehead atoms. The maximum Gasteiger partial charge on any atom is 0.409 e. The van der Waals surface area contributed by atoms with Gasteiger partial charge in [0, 0.05) is 35.2 Å². The molecule has 0 aliphatic heterocycles. The fourth-order valence-electron chi connectivity index (χ4n) is 6.18. The number of carboxylic acids is 1. The van der Waals surface area contributed by atoms with Crippen molar-refractivity contribution in [2.75, 3.05) is 42.6 Å². The number of carbonyl (C=O) groups is 7. The van der Waals surface area contributed by atoms with Crippen LogP contribution >= 0.6 is 0 Å². The van der Waals surface area contributed by atoms with Crippen molar-refractivity contribution in [1.82, 2.24) is 5.32 Å². The Kier molecular flexibility index (Phi) is 15.8. The van der Waals surface area contributed by atoms with Crippen LogP contribution in [0.25, 0.3) is 6.08 Å². The van der Waals surface area contributed by atoms with E-state index in [4.69, 9.17) is 24.7 Å². The Morgan fingerprint density at radius 3 is 1.67 bits per heavy atom. The normalized spacial score (nSPS) is 11.7. The summed E-state index contributed by atoms with van der Waals surface area (Å²) in [5.74, 6) is -6.85. The van der Waals surface area contributed by atoms with Gasteiger partial charge in [-0.2, -0.15) is 5.26 Å². The molecule has 0 fully saturated rings. The lowest BCUT2D eigenvalue weighted by Gasteiger charge is -2.22. The van der Waals surface area contributed by atoms with Crippen LogP contribution in [0.15, 0.2) is 103 Å². The van der Waals surface area contributed by atoms with Gasteiger partial charge in [-0.05, 0) is 103 Å². The lowest BCUT2D eigenvalue weighted by molar-refractivity contribution is -0.120. The van der Waals surface area contributed by atoms with Crippen molar-refractivity contribution in [1.29, 1.82) is 5.26 Å². The van der Waals surface area contributed by atoms with Gasteiger partial charge in [-0.3, -0.25) is 24.0 Å². The number of nitrogens with two attached hydrogens (primary N) is 1. The second-order valence-corrected chi connectivity index (χ2v) is 14.0. The number of aromatic hydroxyl groups is 2. The number of carbonyl (C=O) groups excluding carboxylic acids is 6. The first kappa shape index (κ1) is 48.6. The highest BCUT2D eigenvalue weighted by Gasteiger charge is 2.31. The molecule has 67 heavy (non-hydrogen) atoms. The Balaban J connectivity index is 1.21. The number of anilines is 4. The average Bonchev–Trinajstić information content (AvgIpc) is 3.30. The number of benzene rings is 5. The maximum absolute atomic E-state index is 13.5. The van der Waals surface area contributed by atoms with Crippen LogP contribution in [0.1, 0.15) is 53.9 Å². The molecule has 0 aliphatic rings. The van der Waals surface area contributed by atoms with Gasteiger partial charge in [0.25, 0.3) is 29.5 Å². The Hall–Kier alpha value is -9.42. The largest absolute Gasteiger partial charge is 0.504 e. The van der Waals surface area contributed by atoms with Crippen LogP contribution in [0.4, 0.5) is 27.5 Å². The van der Waals surface area contributed by atoms with E-state index in [2.05, 4.69) is 26.6 Å². The Labute approximate surface area is 380 Å². The molecule has 344 valence electrons. The van der Waals surface area contributed by atoms with Gasteiger partial charge >= 0.3 is 12.1 Å². The number of methoxy groups -OCH3 is 3. The highest BCUT2D eigenvalue weighted by Crippen LogP contribution is 2.40. The SMILES string of the molecule is COc1c(NC(=O)c2ccc(NC(=O)c3ccc(NC(=O)C(NC(=O)c4ccc(NC(=O)C(C)=Cc5ccc(OC(N)=O)cc5)cc4)C(C#N)OC)cc3)c(OC)c2O)ccc(C(=O)O)c1O. The van der Waals surface area contributed by atoms with E-state index in [1.807, 2.05) is 6.07 Å². The Bertz CT molecular complexity index is 2800. The fraction of sp³-hybridized carbons (Fsp3) is 0.130. The number of hydrogen-bond donors (Lipinski definition) is 9. The molecule has 0 spiro atoms. The minimum absolute atomic E-state index is 0.0396. The second-order valence-electron chi connectivity index (χ2n) is 14.0. The Morgan fingerprint density at radius 2 is 1.16 bits per heavy atom. The van der Waals surface area contributed by atoms with E-state index in [1.54, 1.807) is 25.1 Å². The van der Waals surface area contributed by atoms with Crippen molar-refractivity contribution in [3.05, 3.63) is 130 Å². The average molecular weight is 916 g/mol. The summed E-state index contributed by atoms with van der Waals surface area (Å²) in [5.41, 5.74) is 5.73. The monoisotopic (exact) mass is 915 g/mol. The summed E-state index contributed by atoms with van der Waals surface area (Å²) >= 11 is 0. The third kappa shape index (κ3) is 12.0. The van der Waals surface area contributed by atoms with E-state index >= 15 is 0 Å². The van der Waals surface area contributed by atoms with Gasteiger partial charge in [-0.15, -0.1) is 0 Å². The zero-order chi connectivity index (χ0) is 48.9. The third-order valence-electron chi connectivity index (χ3n) is 9.56. The third-order valence-corrected chi connectivity index (χ3v) is 9.56. The van der Waals surface area contributed by atoms with Crippen molar-refractivity contribution in [2.24, 2.45) is 5.73 Å². The number of rotatable bonds is 17. The number of primary amides is 1. The summed E-state index contributed by atoms with van der Waals surface area (Å²) < 4.78 is 20.3. The first-order valence-corrected chi connectivity index (χ1v) is 19.5. The van der Waals surface area contributed by atoms with Crippen LogP contribution in [0.2, 0.25) is 0 Å². The maximum atomic E-state index is 13.5. The summed E-state index contributed by atoms with van der Waals surface area (Å²) in [6, 6.07) is 22.4. The lowest BCUT2D eigenvalue weighted by Crippen LogP contribution is -2.51. The molecule has 0 aliphatic carbocycles. The fourth-order valence-corrected chi connectivity index (χ4v) is 6.18. The van der Waals surface area contributed by atoms with Crippen LogP contribution in [-0.2, 0) is 14.3 Å². The van der Waals surface area contributed by atoms with Crippen LogP contribution in [-0.4, -0.2) is 90.4 Å². The first-order chi connectivity index (χ1) is 32.0. The molecule has 0 saturated heterocycles. The van der Waals surface area contributed by atoms with Gasteiger partial charge in [0.2, 0.25) is 0 Å². The quantitative estimate of drug-likeness (QED) is 0.0549. The van der Waals surface area contributed by atoms with Crippen molar-refractivity contribution in [3.63, 3.8) is 0 Å². The minimum Gasteiger partial charge on any atom is -0.504 e. The highest BCUT2D eigenvalue weighted by atomic mass is 16.5. The molecule has 5 rings (SSSR count). The number of phenols is 2. The number of ether oxygens (including phenoxy) is 4. The lowest BCUT2D eigenvalue weighted by atomic mass is 10.1. The predicted octanol–water partition coefficient (Wildman–Crippen LogP) is 5.09. The Morgan fingerprint density at radius 1 is 0.657 bits per heavy atom. The molecule has 6 amide bonds. The second kappa shape index (κ2) is 21.8. The topological polar surface area (TPSA) is 327 Å². The molecule has 2 unspecified atom stereocenters. The summed E-state index contributed by atoms with van der Waals surface area (Å²) in [5, 5.41) is 53.0. The summed E-state index contributed by atoms with van der Waals surface area (Å²) in [4.78, 5) is 88.4. The van der Waals surface area contributed by atoms with Crippen LogP contribution in [0.3, 0.4) is 0 Å². The standard InChI is InChI=1S/C46H41N7O14/c1-23(21-24-5-15-29(16-6-24)67-46(48)63)40(56)49-27-11-9-26(10-12-27)42(58)53-35(34(22-47)64-2)44(60)50-28-13-7-25(8-14-28)41(57)51-32-19-17-30(36(54)38(32)65-3)43(59)52-33-20-18-31(45(61)62)37(55)39(33)66-4/h5-21,34-35,54-55H,1-4H3,(H2,48,63)(H,49,56)(H,50,60)(H,51,57)(H,52,59)(H,53,58)(H,61,62). The van der Waals surface area contributed by atoms with Gasteiger partial charge in [-0.1, -0.05) is 12.1 Å². The van der Waals surface area contributed by atoms with Gasteiger partial charge < -0.3 is 66.6 Å². The van der Waals surface area contributed by atoms with E-state index < -0.39 is 70.8 Å². The molecule has 5 aromatic rings. The van der Waals surface area contributed by atoms with Crippen molar-refractivity contribution in [2.45, 2.75) is 19.1 Å². The van der Waals surface area contributed by atoms with Gasteiger partial charge in [0.05, 0.1) is 37.2 Å². The molecule has 21 heteroatoms. The predicted molar refractivity (Wildman–Crippen MR) is 240 cm³/mol. The minimum atomic E-state index is -1.52. The summed E-state index contributed by atoms with van der Waals surface area (Å²) in [6.07, 6.45) is -0.785. The zero-order valence-electron chi connectivity index (χ0n) is 35.8. The van der Waals surface area contributed by atoms with Gasteiger partial charge in [-0.25, -0.2) is 9.59 Å². The number of nitriles is 1. The summed E-state index contributed by atoms with van der Waals surface area (Å²) in [7, 11) is 3.51. The van der Waals surface area contributed by atoms with E-state index in [0.717, 1.165) is 13.2 Å². The number of amides is 6. The van der Waals surface area contributed by atoms with Crippen molar-refractivity contribution < 1.29 is 67.8 Å². The molecule has 0 saturated carbocycles. The molecular formula is C46H41N7O14. The van der Waals surface area contributed by atoms with E-state index in [0.29, 0.717) is 16.8 Å². The van der Waals surface area contributed by atoms with E-state index in [9.17, 15) is 54.1 Å². The first-order valence-electron chi connectivity index (χ1n) is 19.5. The number of phenolic OH excluding ortho intramolecular Hbond substituents is 1. The van der Waals surface area contributed by atoms with Crippen molar-refractivity contribution >= 4 is 70.4 Å². The highest BCUT2D eigenvalue weighted by molar-refractivity contribution is 6.11. The van der Waals surface area contributed by atoms with Gasteiger partial charge in [0.1, 0.15) is 17.4 Å². The molecule has 21 nitrogen and oxygen atoms in total. The van der Waals surface area contributed by atoms with Gasteiger partial charge in [0.15, 0.2) is 29.1 Å². The number of carboxylic acid groups (broad SMARTS) is 1. The van der Waals surface area contributed by atoms with Crippen LogP contribution in [0.5, 0.6) is 28.7 Å². The molecule has 2 atom stereocenters. The van der Waals surface area contributed by atoms with E-state index in [1.165, 1.54) is 93.1 Å². The van der Waals surface area contributed by atoms with E-state index in [-0.39, 0.29) is 51.0 Å². The molecule has 5 aromatic carbocycles. The molecule has 0 aromatic heterocycles. The van der Waals surface area contributed by atoms with Crippen LogP contribution < -0.4 is 46.5 Å². The number of aromatic carboxylic acids is 1. The number of hydrogen-bond acceptors (Lipinski definition) is 14. The number of nitrogens with one attached hydrogen (secondary N) is 5. The molecule has 10 N–H and O–H groups in total. The zero-order valence-corrected chi connectivity index (χ0v) is 35.8. The van der Waals surface area contributed by atoms with Crippen LogP contribution in [0, 0.1) is 11.3 Å². The van der Waals surface area contributed by atoms with Crippen molar-refractivity contribution in [3.8, 4) is 34.8 Å².